The predicted octanol–water partition coefficient (Wildman–Crippen LogP) is 6.20. The van der Waals surface area contributed by atoms with E-state index in [1.54, 1.807) is 12.7 Å². The van der Waals surface area contributed by atoms with Crippen LogP contribution in [0.15, 0.2) is 47.6 Å². The fraction of sp³-hybridized carbons (Fsp3) is 0.545. The molecule has 0 spiro atoms. The minimum atomic E-state index is 0.242. The highest BCUT2D eigenvalue weighted by Gasteiger charge is 2.45. The first-order valence-corrected chi connectivity index (χ1v) is 9.23. The Hall–Kier alpha value is -1.50. The first-order chi connectivity index (χ1) is 11.2. The third-order valence-corrected chi connectivity index (χ3v) is 5.78. The van der Waals surface area contributed by atoms with Gasteiger partial charge in [-0.1, -0.05) is 62.5 Å². The van der Waals surface area contributed by atoms with Crippen LogP contribution in [0.1, 0.15) is 64.4 Å². The summed E-state index contributed by atoms with van der Waals surface area (Å²) >= 11 is 0. The molecule has 1 aromatic rings. The molecule has 1 aromatic carbocycles. The Kier molecular flexibility index (Phi) is 4.94. The second kappa shape index (κ2) is 6.95. The number of fused-ring (bicyclic) bond motifs is 1. The van der Waals surface area contributed by atoms with Crippen molar-refractivity contribution in [3.8, 4) is 5.75 Å². The maximum Gasteiger partial charge on any atom is 0.118 e. The van der Waals surface area contributed by atoms with Crippen LogP contribution < -0.4 is 4.74 Å². The highest BCUT2D eigenvalue weighted by molar-refractivity contribution is 5.55. The van der Waals surface area contributed by atoms with Gasteiger partial charge in [-0.3, -0.25) is 0 Å². The van der Waals surface area contributed by atoms with Gasteiger partial charge in [0.05, 0.1) is 7.11 Å². The van der Waals surface area contributed by atoms with Gasteiger partial charge in [-0.25, -0.2) is 0 Å². The Balaban J connectivity index is 1.77. The summed E-state index contributed by atoms with van der Waals surface area (Å²) in [6.45, 7) is 4.57. The Morgan fingerprint density at radius 2 is 1.91 bits per heavy atom. The number of benzene rings is 1. The van der Waals surface area contributed by atoms with Crippen molar-refractivity contribution < 1.29 is 4.74 Å². The molecular weight excluding hydrogens is 280 g/mol. The lowest BCUT2D eigenvalue weighted by Gasteiger charge is -2.29. The Labute approximate surface area is 141 Å². The van der Waals surface area contributed by atoms with Crippen LogP contribution in [-0.2, 0) is 5.41 Å². The second-order valence-corrected chi connectivity index (χ2v) is 7.30. The van der Waals surface area contributed by atoms with Crippen molar-refractivity contribution in [1.82, 2.24) is 0 Å². The maximum atomic E-state index is 5.33. The van der Waals surface area contributed by atoms with E-state index >= 15 is 0 Å². The van der Waals surface area contributed by atoms with Crippen LogP contribution in [0, 0.1) is 5.92 Å². The van der Waals surface area contributed by atoms with E-state index in [2.05, 4.69) is 50.3 Å². The quantitative estimate of drug-likeness (QED) is 0.545. The van der Waals surface area contributed by atoms with E-state index in [9.17, 15) is 0 Å². The Morgan fingerprint density at radius 1 is 1.13 bits per heavy atom. The number of unbranched alkanes of at least 4 members (excludes halogenated alkanes) is 3. The lowest BCUT2D eigenvalue weighted by atomic mass is 9.73. The Bertz CT molecular complexity index is 593. The topological polar surface area (TPSA) is 9.23 Å². The molecule has 0 heterocycles. The van der Waals surface area contributed by atoms with Gasteiger partial charge < -0.3 is 4.74 Å². The van der Waals surface area contributed by atoms with Gasteiger partial charge >= 0.3 is 0 Å². The van der Waals surface area contributed by atoms with E-state index in [-0.39, 0.29) is 5.41 Å². The van der Waals surface area contributed by atoms with Crippen molar-refractivity contribution in [3.63, 3.8) is 0 Å². The summed E-state index contributed by atoms with van der Waals surface area (Å²) in [5, 5.41) is 0. The van der Waals surface area contributed by atoms with Gasteiger partial charge in [0.15, 0.2) is 0 Å². The zero-order valence-corrected chi connectivity index (χ0v) is 14.9. The van der Waals surface area contributed by atoms with Gasteiger partial charge in [-0.15, -0.1) is 0 Å². The van der Waals surface area contributed by atoms with Crippen LogP contribution in [0.3, 0.4) is 0 Å². The summed E-state index contributed by atoms with van der Waals surface area (Å²) in [7, 11) is 1.74. The molecule has 0 aromatic heterocycles. The minimum absolute atomic E-state index is 0.242. The molecule has 0 saturated carbocycles. The van der Waals surface area contributed by atoms with Gasteiger partial charge in [-0.05, 0) is 55.4 Å². The fourth-order valence-electron chi connectivity index (χ4n) is 4.47. The summed E-state index contributed by atoms with van der Waals surface area (Å²) in [5.74, 6) is 1.71. The van der Waals surface area contributed by atoms with E-state index in [1.165, 1.54) is 56.1 Å². The number of allylic oxidation sites excluding steroid dienone is 4. The molecule has 2 atom stereocenters. The summed E-state index contributed by atoms with van der Waals surface area (Å²) in [6.07, 6.45) is 14.3. The SMILES string of the molecule is CCCCCCC1C=C2C(C)=CCC2(c2ccc(OC)cc2)C1. The van der Waals surface area contributed by atoms with Crippen LogP contribution in [0.25, 0.3) is 0 Å². The van der Waals surface area contributed by atoms with Crippen molar-refractivity contribution in [2.45, 2.75) is 64.2 Å². The first kappa shape index (κ1) is 16.4. The van der Waals surface area contributed by atoms with Crippen LogP contribution in [0.2, 0.25) is 0 Å². The fourth-order valence-corrected chi connectivity index (χ4v) is 4.47. The highest BCUT2D eigenvalue weighted by atomic mass is 16.5. The van der Waals surface area contributed by atoms with Gasteiger partial charge in [0, 0.05) is 5.41 Å². The van der Waals surface area contributed by atoms with Crippen molar-refractivity contribution in [1.29, 1.82) is 0 Å². The molecule has 23 heavy (non-hydrogen) atoms. The average molecular weight is 310 g/mol. The predicted molar refractivity (Wildman–Crippen MR) is 98.0 cm³/mol. The van der Waals surface area contributed by atoms with Gasteiger partial charge in [0.2, 0.25) is 0 Å². The standard InChI is InChI=1S/C22H30O/c1-4-5-6-7-8-18-15-21-17(2)13-14-22(21,16-18)19-9-11-20(23-3)12-10-19/h9-13,15,18H,4-8,14,16H2,1-3H3. The third kappa shape index (κ3) is 3.11. The van der Waals surface area contributed by atoms with E-state index in [0.29, 0.717) is 0 Å². The van der Waals surface area contributed by atoms with E-state index in [0.717, 1.165) is 11.7 Å². The lowest BCUT2D eigenvalue weighted by molar-refractivity contribution is 0.410. The normalized spacial score (nSPS) is 26.0. The molecular formula is C22H30O. The maximum absolute atomic E-state index is 5.33. The van der Waals surface area contributed by atoms with Crippen LogP contribution >= 0.6 is 0 Å². The van der Waals surface area contributed by atoms with E-state index in [4.69, 9.17) is 4.74 Å². The summed E-state index contributed by atoms with van der Waals surface area (Å²) in [4.78, 5) is 0. The zero-order chi connectivity index (χ0) is 16.3. The number of rotatable bonds is 7. The summed E-state index contributed by atoms with van der Waals surface area (Å²) in [5.41, 5.74) is 4.81. The van der Waals surface area contributed by atoms with Gasteiger partial charge in [0.25, 0.3) is 0 Å². The smallest absolute Gasteiger partial charge is 0.118 e. The largest absolute Gasteiger partial charge is 0.497 e. The molecule has 2 unspecified atom stereocenters. The summed E-state index contributed by atoms with van der Waals surface area (Å²) in [6, 6.07) is 8.78. The minimum Gasteiger partial charge on any atom is -0.497 e. The van der Waals surface area contributed by atoms with Crippen LogP contribution in [0.4, 0.5) is 0 Å². The van der Waals surface area contributed by atoms with Crippen molar-refractivity contribution in [2.75, 3.05) is 7.11 Å². The van der Waals surface area contributed by atoms with E-state index in [1.807, 2.05) is 0 Å². The second-order valence-electron chi connectivity index (χ2n) is 7.30. The molecule has 0 radical (unpaired) electrons. The molecule has 0 bridgehead atoms. The lowest BCUT2D eigenvalue weighted by Crippen LogP contribution is -2.23. The van der Waals surface area contributed by atoms with Crippen molar-refractivity contribution in [2.24, 2.45) is 5.92 Å². The molecule has 0 amide bonds. The average Bonchev–Trinajstić information content (AvgIpc) is 3.10. The van der Waals surface area contributed by atoms with Gasteiger partial charge in [0.1, 0.15) is 5.75 Å². The molecule has 124 valence electrons. The molecule has 0 N–H and O–H groups in total. The number of methoxy groups -OCH3 is 1. The van der Waals surface area contributed by atoms with Crippen molar-refractivity contribution in [3.05, 3.63) is 53.1 Å². The first-order valence-electron chi connectivity index (χ1n) is 9.23. The molecule has 2 aliphatic carbocycles. The molecule has 0 saturated heterocycles. The zero-order valence-electron chi connectivity index (χ0n) is 14.9. The molecule has 0 aliphatic heterocycles. The molecule has 0 fully saturated rings. The number of hydrogen-bond donors (Lipinski definition) is 0. The third-order valence-electron chi connectivity index (χ3n) is 5.78. The number of hydrogen-bond acceptors (Lipinski definition) is 1. The van der Waals surface area contributed by atoms with Crippen LogP contribution in [-0.4, -0.2) is 7.11 Å². The molecule has 1 heteroatoms. The summed E-state index contributed by atoms with van der Waals surface area (Å²) < 4.78 is 5.33. The van der Waals surface area contributed by atoms with Crippen LogP contribution in [0.5, 0.6) is 5.75 Å². The van der Waals surface area contributed by atoms with E-state index < -0.39 is 0 Å². The van der Waals surface area contributed by atoms with Crippen molar-refractivity contribution >= 4 is 0 Å². The number of ether oxygens (including phenoxy) is 1. The highest BCUT2D eigenvalue weighted by Crippen LogP contribution is 2.54. The molecule has 3 rings (SSSR count). The Morgan fingerprint density at radius 3 is 2.61 bits per heavy atom. The molecule has 2 aliphatic rings. The van der Waals surface area contributed by atoms with Gasteiger partial charge in [-0.2, -0.15) is 0 Å². The molecule has 1 nitrogen and oxygen atoms in total. The monoisotopic (exact) mass is 310 g/mol.